The fourth-order valence-electron chi connectivity index (χ4n) is 2.66. The van der Waals surface area contributed by atoms with E-state index in [1.807, 2.05) is 0 Å². The van der Waals surface area contributed by atoms with Gasteiger partial charge < -0.3 is 48.5 Å². The van der Waals surface area contributed by atoms with Crippen molar-refractivity contribution >= 4 is 29.7 Å². The summed E-state index contributed by atoms with van der Waals surface area (Å²) in [6.07, 6.45) is -0.402. The summed E-state index contributed by atoms with van der Waals surface area (Å²) in [5.74, 6) is -4.29. The van der Waals surface area contributed by atoms with Gasteiger partial charge in [0.2, 0.25) is 17.7 Å². The summed E-state index contributed by atoms with van der Waals surface area (Å²) in [7, 11) is 0. The molecule has 0 rings (SSSR count). The van der Waals surface area contributed by atoms with Gasteiger partial charge in [-0.25, -0.2) is 4.79 Å². The molecule has 0 bridgehead atoms. The van der Waals surface area contributed by atoms with E-state index < -0.39 is 60.6 Å². The first kappa shape index (κ1) is 30.0. The molecule has 14 heteroatoms. The number of carboxylic acid groups (broad SMARTS) is 1. The van der Waals surface area contributed by atoms with Crippen LogP contribution in [0.1, 0.15) is 40.0 Å². The van der Waals surface area contributed by atoms with Crippen LogP contribution >= 0.6 is 0 Å². The van der Waals surface area contributed by atoms with E-state index in [0.717, 1.165) is 0 Å². The normalized spacial score (nSPS) is 16.3. The second-order valence-electron chi connectivity index (χ2n) is 7.73. The number of aliphatic hydroxyl groups excluding tert-OH is 2. The Morgan fingerprint density at radius 3 is 2.00 bits per heavy atom. The Morgan fingerprint density at radius 2 is 1.55 bits per heavy atom. The summed E-state index contributed by atoms with van der Waals surface area (Å²) in [6.45, 7) is 4.13. The number of carbonyl (C=O) groups excluding carboxylic acids is 3. The zero-order valence-corrected chi connectivity index (χ0v) is 19.2. The smallest absolute Gasteiger partial charge is 0.326 e. The van der Waals surface area contributed by atoms with Gasteiger partial charge in [0.1, 0.15) is 24.2 Å². The quantitative estimate of drug-likeness (QED) is 0.0636. The lowest BCUT2D eigenvalue weighted by Crippen LogP contribution is -2.60. The van der Waals surface area contributed by atoms with Crippen LogP contribution in [0.5, 0.6) is 0 Å². The number of aliphatic imine (C=N–C) groups is 1. The molecule has 190 valence electrons. The average molecular weight is 476 g/mol. The Bertz CT molecular complexity index is 698. The van der Waals surface area contributed by atoms with Crippen LogP contribution in [0.15, 0.2) is 4.99 Å². The number of nitrogens with one attached hydrogen (secondary N) is 3. The van der Waals surface area contributed by atoms with E-state index in [9.17, 15) is 34.5 Å². The maximum atomic E-state index is 12.8. The molecule has 0 heterocycles. The molecule has 0 aromatic heterocycles. The lowest BCUT2D eigenvalue weighted by molar-refractivity contribution is -0.143. The molecule has 0 radical (unpaired) electrons. The van der Waals surface area contributed by atoms with Crippen molar-refractivity contribution in [1.82, 2.24) is 16.0 Å². The number of nitrogens with two attached hydrogens (primary N) is 3. The molecule has 0 aromatic rings. The number of aliphatic hydroxyl groups is 2. The maximum Gasteiger partial charge on any atom is 0.326 e. The molecule has 3 amide bonds. The van der Waals surface area contributed by atoms with Crippen molar-refractivity contribution in [3.05, 3.63) is 0 Å². The van der Waals surface area contributed by atoms with E-state index in [-0.39, 0.29) is 31.3 Å². The highest BCUT2D eigenvalue weighted by molar-refractivity contribution is 5.94. The van der Waals surface area contributed by atoms with Crippen LogP contribution in [0.2, 0.25) is 0 Å². The van der Waals surface area contributed by atoms with Gasteiger partial charge >= 0.3 is 5.97 Å². The summed E-state index contributed by atoms with van der Waals surface area (Å²) in [5.41, 5.74) is 16.0. The standard InChI is InChI=1S/C19H37N7O7/c1-4-9(2)14(26-16(30)13(20)10(3)28)17(31)25-12(8-27)15(29)24-11(18(32)33)6-5-7-23-19(21)22/h9-14,27-28H,4-8,20H2,1-3H3,(H,24,29)(H,25,31)(H,26,30)(H,32,33)(H4,21,22,23). The molecule has 12 N–H and O–H groups in total. The minimum atomic E-state index is -1.47. The van der Waals surface area contributed by atoms with E-state index in [4.69, 9.17) is 17.2 Å². The van der Waals surface area contributed by atoms with Gasteiger partial charge in [0.15, 0.2) is 5.96 Å². The predicted octanol–water partition coefficient (Wildman–Crippen LogP) is -3.67. The number of carboxylic acids is 1. The van der Waals surface area contributed by atoms with Crippen molar-refractivity contribution in [2.24, 2.45) is 28.1 Å². The molecule has 0 aliphatic carbocycles. The van der Waals surface area contributed by atoms with Gasteiger partial charge in [0, 0.05) is 6.54 Å². The van der Waals surface area contributed by atoms with Crippen molar-refractivity contribution in [1.29, 1.82) is 0 Å². The third-order valence-electron chi connectivity index (χ3n) is 4.99. The molecule has 0 saturated heterocycles. The van der Waals surface area contributed by atoms with E-state index in [2.05, 4.69) is 20.9 Å². The summed E-state index contributed by atoms with van der Waals surface area (Å²) in [5, 5.41) is 35.4. The first-order valence-electron chi connectivity index (χ1n) is 10.6. The molecule has 0 aromatic carbocycles. The van der Waals surface area contributed by atoms with Gasteiger partial charge in [0.25, 0.3) is 0 Å². The number of rotatable bonds is 15. The summed E-state index contributed by atoms with van der Waals surface area (Å²) < 4.78 is 0. The molecule has 6 atom stereocenters. The number of hydrogen-bond donors (Lipinski definition) is 9. The van der Waals surface area contributed by atoms with Gasteiger partial charge in [-0.1, -0.05) is 20.3 Å². The predicted molar refractivity (Wildman–Crippen MR) is 120 cm³/mol. The zero-order valence-electron chi connectivity index (χ0n) is 19.2. The second kappa shape index (κ2) is 15.0. The fraction of sp³-hybridized carbons (Fsp3) is 0.737. The number of nitrogens with zero attached hydrogens (tertiary/aromatic N) is 1. The van der Waals surface area contributed by atoms with Crippen LogP contribution in [0, 0.1) is 5.92 Å². The van der Waals surface area contributed by atoms with Gasteiger partial charge in [-0.05, 0) is 25.7 Å². The second-order valence-corrected chi connectivity index (χ2v) is 7.73. The Labute approximate surface area is 192 Å². The third kappa shape index (κ3) is 10.9. The molecule has 33 heavy (non-hydrogen) atoms. The van der Waals surface area contributed by atoms with E-state index >= 15 is 0 Å². The van der Waals surface area contributed by atoms with Crippen molar-refractivity contribution in [3.8, 4) is 0 Å². The molecule has 6 unspecified atom stereocenters. The topological polar surface area (TPSA) is 255 Å². The largest absolute Gasteiger partial charge is 0.480 e. The Balaban J connectivity index is 5.23. The highest BCUT2D eigenvalue weighted by Crippen LogP contribution is 2.09. The van der Waals surface area contributed by atoms with Crippen LogP contribution < -0.4 is 33.2 Å². The summed E-state index contributed by atoms with van der Waals surface area (Å²) in [6, 6.07) is -5.14. The minimum Gasteiger partial charge on any atom is -0.480 e. The summed E-state index contributed by atoms with van der Waals surface area (Å²) in [4.78, 5) is 52.6. The average Bonchev–Trinajstić information content (AvgIpc) is 2.75. The van der Waals surface area contributed by atoms with E-state index in [1.54, 1.807) is 13.8 Å². The fourth-order valence-corrected chi connectivity index (χ4v) is 2.66. The maximum absolute atomic E-state index is 12.8. The number of guanidine groups is 1. The first-order valence-corrected chi connectivity index (χ1v) is 10.6. The number of carbonyl (C=O) groups is 4. The lowest BCUT2D eigenvalue weighted by atomic mass is 9.97. The van der Waals surface area contributed by atoms with Crippen LogP contribution in [-0.4, -0.2) is 88.4 Å². The van der Waals surface area contributed by atoms with Crippen LogP contribution in [0.25, 0.3) is 0 Å². The van der Waals surface area contributed by atoms with Crippen LogP contribution in [-0.2, 0) is 19.2 Å². The lowest BCUT2D eigenvalue weighted by Gasteiger charge is -2.27. The number of aliphatic carboxylic acids is 1. The molecule has 14 nitrogen and oxygen atoms in total. The molecular weight excluding hydrogens is 438 g/mol. The SMILES string of the molecule is CCC(C)C(NC(=O)C(N)C(C)O)C(=O)NC(CO)C(=O)NC(CCCN=C(N)N)C(=O)O. The number of amides is 3. The summed E-state index contributed by atoms with van der Waals surface area (Å²) >= 11 is 0. The molecular formula is C19H37N7O7. The van der Waals surface area contributed by atoms with Gasteiger partial charge in [0.05, 0.1) is 12.7 Å². The Morgan fingerprint density at radius 1 is 0.970 bits per heavy atom. The van der Waals surface area contributed by atoms with Crippen molar-refractivity contribution in [3.63, 3.8) is 0 Å². The van der Waals surface area contributed by atoms with Gasteiger partial charge in [-0.15, -0.1) is 0 Å². The molecule has 0 fully saturated rings. The third-order valence-corrected chi connectivity index (χ3v) is 4.99. The van der Waals surface area contributed by atoms with Crippen molar-refractivity contribution < 1.29 is 34.5 Å². The molecule has 0 spiro atoms. The van der Waals surface area contributed by atoms with E-state index in [1.165, 1.54) is 6.92 Å². The Kier molecular flexibility index (Phi) is 13.6. The van der Waals surface area contributed by atoms with Gasteiger partial charge in [-0.3, -0.25) is 19.4 Å². The minimum absolute atomic E-state index is 0.00668. The van der Waals surface area contributed by atoms with Crippen LogP contribution in [0.4, 0.5) is 0 Å². The van der Waals surface area contributed by atoms with Gasteiger partial charge in [-0.2, -0.15) is 0 Å². The zero-order chi connectivity index (χ0) is 25.7. The highest BCUT2D eigenvalue weighted by atomic mass is 16.4. The van der Waals surface area contributed by atoms with Crippen LogP contribution in [0.3, 0.4) is 0 Å². The molecule has 0 aliphatic rings. The monoisotopic (exact) mass is 475 g/mol. The van der Waals surface area contributed by atoms with E-state index in [0.29, 0.717) is 6.42 Å². The highest BCUT2D eigenvalue weighted by Gasteiger charge is 2.32. The van der Waals surface area contributed by atoms with Crippen molar-refractivity contribution in [2.45, 2.75) is 70.3 Å². The first-order chi connectivity index (χ1) is 15.3. The Hall–Kier alpha value is -2.97. The number of hydrogen-bond acceptors (Lipinski definition) is 8. The molecule has 0 saturated carbocycles. The molecule has 0 aliphatic heterocycles. The van der Waals surface area contributed by atoms with Crippen molar-refractivity contribution in [2.75, 3.05) is 13.2 Å².